The lowest BCUT2D eigenvalue weighted by molar-refractivity contribution is 0.750. The van der Waals surface area contributed by atoms with Gasteiger partial charge < -0.3 is 5.73 Å². The van der Waals surface area contributed by atoms with Crippen LogP contribution >= 0.6 is 0 Å². The minimum Gasteiger partial charge on any atom is -0.359 e. The van der Waals surface area contributed by atoms with Crippen molar-refractivity contribution in [1.29, 1.82) is 0 Å². The maximum atomic E-state index is 5.07. The molecule has 68 valence electrons. The summed E-state index contributed by atoms with van der Waals surface area (Å²) in [6.45, 7) is 0. The second kappa shape index (κ2) is 3.62. The van der Waals surface area contributed by atoms with Crippen molar-refractivity contribution >= 4 is 0 Å². The van der Waals surface area contributed by atoms with Crippen molar-refractivity contribution in [2.75, 3.05) is 0 Å². The molecule has 0 spiro atoms. The molecule has 14 heavy (non-hydrogen) atoms. The summed E-state index contributed by atoms with van der Waals surface area (Å²) >= 11 is 0. The van der Waals surface area contributed by atoms with E-state index in [1.54, 1.807) is 6.20 Å². The fourth-order valence-corrected chi connectivity index (χ4v) is 1.08. The van der Waals surface area contributed by atoms with Crippen molar-refractivity contribution in [2.45, 2.75) is 0 Å². The molecule has 0 aliphatic rings. The van der Waals surface area contributed by atoms with Crippen molar-refractivity contribution in [1.82, 2.24) is 15.0 Å². The van der Waals surface area contributed by atoms with Crippen LogP contribution in [0.3, 0.4) is 0 Å². The topological polar surface area (TPSA) is 56.7 Å². The highest BCUT2D eigenvalue weighted by molar-refractivity contribution is 5.30. The SMILES string of the molecule is NC#Cc1cnn(-c2ccccc2)n1. The van der Waals surface area contributed by atoms with Crippen LogP contribution in [0, 0.1) is 12.0 Å². The first-order valence-electron chi connectivity index (χ1n) is 4.09. The smallest absolute Gasteiger partial charge is 0.157 e. The van der Waals surface area contributed by atoms with Gasteiger partial charge in [-0.3, -0.25) is 0 Å². The molecule has 1 aromatic heterocycles. The quantitative estimate of drug-likeness (QED) is 0.519. The van der Waals surface area contributed by atoms with Gasteiger partial charge in [0.25, 0.3) is 0 Å². The van der Waals surface area contributed by atoms with Crippen LogP contribution in [-0.2, 0) is 0 Å². The third-order valence-corrected chi connectivity index (χ3v) is 1.68. The van der Waals surface area contributed by atoms with Gasteiger partial charge in [0, 0.05) is 6.04 Å². The van der Waals surface area contributed by atoms with Gasteiger partial charge in [0.1, 0.15) is 0 Å². The van der Waals surface area contributed by atoms with Crippen LogP contribution in [0.25, 0.3) is 5.69 Å². The van der Waals surface area contributed by atoms with Gasteiger partial charge in [0.15, 0.2) is 5.69 Å². The Morgan fingerprint density at radius 2 is 2.00 bits per heavy atom. The van der Waals surface area contributed by atoms with Crippen LogP contribution in [-0.4, -0.2) is 15.0 Å². The molecular weight excluding hydrogens is 176 g/mol. The van der Waals surface area contributed by atoms with E-state index in [-0.39, 0.29) is 0 Å². The molecule has 2 rings (SSSR count). The number of rotatable bonds is 1. The predicted molar refractivity (Wildman–Crippen MR) is 52.4 cm³/mol. The van der Waals surface area contributed by atoms with Crippen LogP contribution < -0.4 is 5.73 Å². The Kier molecular flexibility index (Phi) is 2.15. The van der Waals surface area contributed by atoms with Crippen LogP contribution in [0.1, 0.15) is 5.69 Å². The highest BCUT2D eigenvalue weighted by Crippen LogP contribution is 2.03. The molecule has 0 aliphatic carbocycles. The Labute approximate surface area is 81.4 Å². The van der Waals surface area contributed by atoms with E-state index in [9.17, 15) is 0 Å². The fraction of sp³-hybridized carbons (Fsp3) is 0. The molecule has 0 saturated carbocycles. The predicted octanol–water partition coefficient (Wildman–Crippen LogP) is 0.535. The van der Waals surface area contributed by atoms with Crippen molar-refractivity contribution in [3.8, 4) is 17.7 Å². The van der Waals surface area contributed by atoms with Gasteiger partial charge in [-0.1, -0.05) is 18.2 Å². The van der Waals surface area contributed by atoms with Crippen LogP contribution in [0.5, 0.6) is 0 Å². The van der Waals surface area contributed by atoms with Gasteiger partial charge in [-0.2, -0.15) is 9.90 Å². The van der Waals surface area contributed by atoms with E-state index >= 15 is 0 Å². The van der Waals surface area contributed by atoms with Crippen molar-refractivity contribution in [3.63, 3.8) is 0 Å². The Hall–Kier alpha value is -2.28. The number of aromatic nitrogens is 3. The Morgan fingerprint density at radius 3 is 2.71 bits per heavy atom. The minimum absolute atomic E-state index is 0.566. The van der Waals surface area contributed by atoms with Crippen molar-refractivity contribution < 1.29 is 0 Å². The van der Waals surface area contributed by atoms with E-state index in [0.29, 0.717) is 5.69 Å². The van der Waals surface area contributed by atoms with Crippen LogP contribution in [0.4, 0.5) is 0 Å². The average Bonchev–Trinajstić information content (AvgIpc) is 2.68. The van der Waals surface area contributed by atoms with Gasteiger partial charge in [-0.25, -0.2) is 0 Å². The first-order chi connectivity index (χ1) is 6.90. The molecule has 0 saturated heterocycles. The highest BCUT2D eigenvalue weighted by atomic mass is 15.5. The minimum atomic E-state index is 0.566. The first kappa shape index (κ1) is 8.32. The molecule has 0 aliphatic heterocycles. The van der Waals surface area contributed by atoms with Gasteiger partial charge in [0.05, 0.1) is 11.9 Å². The molecule has 0 fully saturated rings. The van der Waals surface area contributed by atoms with Gasteiger partial charge in [0.2, 0.25) is 0 Å². The van der Waals surface area contributed by atoms with Crippen molar-refractivity contribution in [3.05, 3.63) is 42.2 Å². The van der Waals surface area contributed by atoms with Gasteiger partial charge in [-0.05, 0) is 18.1 Å². The van der Waals surface area contributed by atoms with E-state index in [0.717, 1.165) is 5.69 Å². The Morgan fingerprint density at radius 1 is 1.21 bits per heavy atom. The number of para-hydroxylation sites is 1. The maximum Gasteiger partial charge on any atom is 0.157 e. The second-order valence-corrected chi connectivity index (χ2v) is 2.62. The standard InChI is InChI=1S/C10H8N4/c11-7-6-9-8-12-14(13-9)10-4-2-1-3-5-10/h1-5,8H,11H2. The summed E-state index contributed by atoms with van der Waals surface area (Å²) in [5, 5.41) is 8.17. The lowest BCUT2D eigenvalue weighted by atomic mass is 10.3. The van der Waals surface area contributed by atoms with Gasteiger partial charge >= 0.3 is 0 Å². The molecule has 0 atom stereocenters. The van der Waals surface area contributed by atoms with Gasteiger partial charge in [-0.15, -0.1) is 5.10 Å². The largest absolute Gasteiger partial charge is 0.359 e. The van der Waals surface area contributed by atoms with E-state index in [1.165, 1.54) is 4.80 Å². The zero-order chi connectivity index (χ0) is 9.80. The molecule has 4 heteroatoms. The third-order valence-electron chi connectivity index (χ3n) is 1.68. The summed E-state index contributed by atoms with van der Waals surface area (Å²) in [5.74, 6) is 2.63. The fourth-order valence-electron chi connectivity index (χ4n) is 1.08. The zero-order valence-corrected chi connectivity index (χ0v) is 7.38. The highest BCUT2D eigenvalue weighted by Gasteiger charge is 1.98. The maximum absolute atomic E-state index is 5.07. The lowest BCUT2D eigenvalue weighted by Crippen LogP contribution is -1.97. The number of benzene rings is 1. The Balaban J connectivity index is 2.37. The molecule has 0 amide bonds. The number of hydrogen-bond acceptors (Lipinski definition) is 3. The third kappa shape index (κ3) is 1.57. The molecule has 1 heterocycles. The molecule has 2 aromatic rings. The molecule has 4 nitrogen and oxygen atoms in total. The molecule has 0 bridgehead atoms. The molecule has 1 aromatic carbocycles. The summed E-state index contributed by atoms with van der Waals surface area (Å²) < 4.78 is 0. The molecule has 2 N–H and O–H groups in total. The summed E-state index contributed by atoms with van der Waals surface area (Å²) in [6.07, 6.45) is 1.58. The lowest BCUT2D eigenvalue weighted by Gasteiger charge is -1.95. The van der Waals surface area contributed by atoms with E-state index in [2.05, 4.69) is 22.2 Å². The molecular formula is C10H8N4. The number of hydrogen-bond donors (Lipinski definition) is 1. The number of nitrogens with zero attached hydrogens (tertiary/aromatic N) is 3. The second-order valence-electron chi connectivity index (χ2n) is 2.62. The molecule has 0 radical (unpaired) electrons. The zero-order valence-electron chi connectivity index (χ0n) is 7.38. The van der Waals surface area contributed by atoms with Crippen molar-refractivity contribution in [2.24, 2.45) is 5.73 Å². The number of nitrogens with two attached hydrogens (primary N) is 1. The van der Waals surface area contributed by atoms with Crippen LogP contribution in [0.2, 0.25) is 0 Å². The normalized spacial score (nSPS) is 9.14. The van der Waals surface area contributed by atoms with E-state index in [4.69, 9.17) is 5.73 Å². The van der Waals surface area contributed by atoms with E-state index in [1.807, 2.05) is 30.3 Å². The van der Waals surface area contributed by atoms with E-state index < -0.39 is 0 Å². The summed E-state index contributed by atoms with van der Waals surface area (Å²) in [7, 11) is 0. The average molecular weight is 184 g/mol. The summed E-state index contributed by atoms with van der Waals surface area (Å²) in [5.41, 5.74) is 6.54. The monoisotopic (exact) mass is 184 g/mol. The summed E-state index contributed by atoms with van der Waals surface area (Å²) in [6, 6.07) is 11.9. The Bertz CT molecular complexity index is 476. The molecule has 0 unspecified atom stereocenters. The summed E-state index contributed by atoms with van der Waals surface area (Å²) in [4.78, 5) is 1.51. The first-order valence-corrected chi connectivity index (χ1v) is 4.09. The van der Waals surface area contributed by atoms with Crippen LogP contribution in [0.15, 0.2) is 36.5 Å².